The zero-order valence-corrected chi connectivity index (χ0v) is 15.6. The van der Waals surface area contributed by atoms with Gasteiger partial charge in [0.05, 0.1) is 29.0 Å². The fourth-order valence-corrected chi connectivity index (χ4v) is 3.27. The van der Waals surface area contributed by atoms with E-state index in [1.54, 1.807) is 24.4 Å². The first-order valence-electron chi connectivity index (χ1n) is 7.72. The number of hydrazine groups is 2. The minimum Gasteiger partial charge on any atom is -0.266 e. The number of nitrogens with one attached hydrogen (secondary N) is 2. The third-order valence-corrected chi connectivity index (χ3v) is 4.79. The predicted molar refractivity (Wildman–Crippen MR) is 103 cm³/mol. The summed E-state index contributed by atoms with van der Waals surface area (Å²) in [7, 11) is 0. The minimum absolute atomic E-state index is 0.386. The summed E-state index contributed by atoms with van der Waals surface area (Å²) in [5, 5.41) is 11.9. The number of benzene rings is 2. The number of hydrogen-bond acceptors (Lipinski definition) is 5. The van der Waals surface area contributed by atoms with Crippen LogP contribution in [0.5, 0.6) is 0 Å². The van der Waals surface area contributed by atoms with Crippen LogP contribution in [0.1, 0.15) is 11.1 Å². The molecule has 9 heteroatoms. The van der Waals surface area contributed by atoms with Crippen LogP contribution in [0.4, 0.5) is 0 Å². The highest BCUT2D eigenvalue weighted by molar-refractivity contribution is 6.35. The lowest BCUT2D eigenvalue weighted by molar-refractivity contribution is 0.288. The van der Waals surface area contributed by atoms with E-state index in [0.717, 1.165) is 5.56 Å². The summed E-state index contributed by atoms with van der Waals surface area (Å²) in [6, 6.07) is 15.1. The second kappa shape index (κ2) is 7.17. The van der Waals surface area contributed by atoms with Crippen LogP contribution in [0, 0.1) is 0 Å². The molecule has 0 amide bonds. The maximum absolute atomic E-state index is 6.57. The molecule has 2 heterocycles. The molecule has 0 aliphatic carbocycles. The Morgan fingerprint density at radius 3 is 2.62 bits per heavy atom. The van der Waals surface area contributed by atoms with Gasteiger partial charge in [0, 0.05) is 5.02 Å². The summed E-state index contributed by atoms with van der Waals surface area (Å²) in [6.45, 7) is 0.603. The van der Waals surface area contributed by atoms with Crippen molar-refractivity contribution in [2.45, 2.75) is 6.54 Å². The van der Waals surface area contributed by atoms with Gasteiger partial charge in [-0.2, -0.15) is 5.10 Å². The molecular weight excluding hydrogens is 395 g/mol. The molecule has 0 atom stereocenters. The van der Waals surface area contributed by atoms with Gasteiger partial charge in [0.15, 0.2) is 5.84 Å². The maximum atomic E-state index is 6.57. The van der Waals surface area contributed by atoms with E-state index >= 15 is 0 Å². The van der Waals surface area contributed by atoms with Crippen LogP contribution in [-0.2, 0) is 6.54 Å². The molecule has 26 heavy (non-hydrogen) atoms. The third kappa shape index (κ3) is 3.24. The van der Waals surface area contributed by atoms with Gasteiger partial charge in [0.25, 0.3) is 0 Å². The van der Waals surface area contributed by atoms with Gasteiger partial charge in [0.2, 0.25) is 0 Å². The quantitative estimate of drug-likeness (QED) is 0.686. The van der Waals surface area contributed by atoms with Gasteiger partial charge in [-0.1, -0.05) is 65.1 Å². The number of hydrazone groups is 1. The number of rotatable bonds is 4. The van der Waals surface area contributed by atoms with Crippen molar-refractivity contribution in [3.63, 3.8) is 0 Å². The zero-order chi connectivity index (χ0) is 18.1. The molecule has 1 aliphatic rings. The summed E-state index contributed by atoms with van der Waals surface area (Å²) >= 11 is 18.9. The van der Waals surface area contributed by atoms with Gasteiger partial charge in [0.1, 0.15) is 5.15 Å². The Bertz CT molecular complexity index is 970. The molecule has 2 N–H and O–H groups in total. The molecule has 132 valence electrons. The normalized spacial score (nSPS) is 13.7. The third-order valence-electron chi connectivity index (χ3n) is 3.87. The van der Waals surface area contributed by atoms with Crippen LogP contribution in [-0.4, -0.2) is 20.6 Å². The van der Waals surface area contributed by atoms with E-state index in [-0.39, 0.29) is 0 Å². The van der Waals surface area contributed by atoms with E-state index in [9.17, 15) is 0 Å². The highest BCUT2D eigenvalue weighted by Gasteiger charge is 2.25. The monoisotopic (exact) mass is 406 g/mol. The van der Waals surface area contributed by atoms with Gasteiger partial charge in [-0.15, -0.1) is 10.6 Å². The summed E-state index contributed by atoms with van der Waals surface area (Å²) < 4.78 is 1.53. The molecular formula is C17H13Cl3N6. The smallest absolute Gasteiger partial charge is 0.178 e. The van der Waals surface area contributed by atoms with E-state index in [1.807, 2.05) is 35.3 Å². The second-order valence-corrected chi connectivity index (χ2v) is 6.79. The van der Waals surface area contributed by atoms with Crippen molar-refractivity contribution in [3.8, 4) is 5.69 Å². The van der Waals surface area contributed by atoms with Crippen molar-refractivity contribution in [1.82, 2.24) is 25.9 Å². The Morgan fingerprint density at radius 2 is 1.81 bits per heavy atom. The van der Waals surface area contributed by atoms with Crippen LogP contribution in [0.3, 0.4) is 0 Å². The van der Waals surface area contributed by atoms with Gasteiger partial charge >= 0.3 is 0 Å². The summed E-state index contributed by atoms with van der Waals surface area (Å²) in [6.07, 6.45) is 1.64. The van der Waals surface area contributed by atoms with Gasteiger partial charge in [-0.3, -0.25) is 5.01 Å². The van der Waals surface area contributed by atoms with Gasteiger partial charge in [-0.25, -0.2) is 10.2 Å². The molecule has 2 aromatic carbocycles. The van der Waals surface area contributed by atoms with Crippen molar-refractivity contribution in [1.29, 1.82) is 0 Å². The van der Waals surface area contributed by atoms with Crippen molar-refractivity contribution >= 4 is 40.6 Å². The number of aromatic nitrogens is 2. The van der Waals surface area contributed by atoms with Crippen LogP contribution in [0.15, 0.2) is 59.8 Å². The van der Waals surface area contributed by atoms with Gasteiger partial charge < -0.3 is 0 Å². The second-order valence-electron chi connectivity index (χ2n) is 5.59. The van der Waals surface area contributed by atoms with Crippen LogP contribution < -0.4 is 11.1 Å². The Morgan fingerprint density at radius 1 is 1.00 bits per heavy atom. The molecule has 0 unspecified atom stereocenters. The SMILES string of the molecule is Clc1ccc(Cl)c(-n2ncc(C3=NNNN3Cc3ccccc3)c2Cl)c1. The average Bonchev–Trinajstić information content (AvgIpc) is 3.24. The first kappa shape index (κ1) is 17.2. The Kier molecular flexibility index (Phi) is 4.74. The molecule has 0 radical (unpaired) electrons. The number of hydrogen-bond donors (Lipinski definition) is 2. The molecule has 0 bridgehead atoms. The van der Waals surface area contributed by atoms with Crippen LogP contribution >= 0.6 is 34.8 Å². The number of amidine groups is 1. The van der Waals surface area contributed by atoms with Crippen molar-refractivity contribution in [3.05, 3.63) is 81.1 Å². The van der Waals surface area contributed by atoms with Crippen molar-refractivity contribution < 1.29 is 0 Å². The van der Waals surface area contributed by atoms with Crippen molar-refractivity contribution in [2.24, 2.45) is 5.10 Å². The lowest BCUT2D eigenvalue weighted by Gasteiger charge is -2.18. The molecule has 3 aromatic rings. The number of nitrogens with zero attached hydrogens (tertiary/aromatic N) is 4. The first-order chi connectivity index (χ1) is 12.6. The van der Waals surface area contributed by atoms with E-state index in [4.69, 9.17) is 34.8 Å². The van der Waals surface area contributed by atoms with E-state index < -0.39 is 0 Å². The molecule has 1 aromatic heterocycles. The molecule has 6 nitrogen and oxygen atoms in total. The summed E-state index contributed by atoms with van der Waals surface area (Å²) in [4.78, 5) is 0. The highest BCUT2D eigenvalue weighted by atomic mass is 35.5. The average molecular weight is 408 g/mol. The zero-order valence-electron chi connectivity index (χ0n) is 13.3. The van der Waals surface area contributed by atoms with E-state index in [1.165, 1.54) is 4.68 Å². The Hall–Kier alpha value is -2.25. The van der Waals surface area contributed by atoms with Gasteiger partial charge in [-0.05, 0) is 23.8 Å². The minimum atomic E-state index is 0.386. The van der Waals surface area contributed by atoms with E-state index in [0.29, 0.717) is 38.8 Å². The molecule has 1 aliphatic heterocycles. The highest BCUT2D eigenvalue weighted by Crippen LogP contribution is 2.29. The fourth-order valence-electron chi connectivity index (χ4n) is 2.64. The van der Waals surface area contributed by atoms with Crippen LogP contribution in [0.2, 0.25) is 15.2 Å². The summed E-state index contributed by atoms with van der Waals surface area (Å²) in [5.41, 5.74) is 8.13. The Balaban J connectivity index is 1.66. The molecule has 4 rings (SSSR count). The Labute approximate surface area is 164 Å². The lowest BCUT2D eigenvalue weighted by Crippen LogP contribution is -2.40. The van der Waals surface area contributed by atoms with E-state index in [2.05, 4.69) is 21.3 Å². The molecule has 0 saturated heterocycles. The molecule has 0 fully saturated rings. The first-order valence-corrected chi connectivity index (χ1v) is 8.86. The molecule has 0 saturated carbocycles. The molecule has 0 spiro atoms. The summed E-state index contributed by atoms with van der Waals surface area (Å²) in [5.74, 6) is 0.628. The largest absolute Gasteiger partial charge is 0.266 e. The van der Waals surface area contributed by atoms with Crippen LogP contribution in [0.25, 0.3) is 5.69 Å². The topological polar surface area (TPSA) is 57.5 Å². The standard InChI is InChI=1S/C17H13Cl3N6/c18-12-6-7-14(19)15(8-12)26-16(20)13(9-21-26)17-22-23-24-25(17)10-11-4-2-1-3-5-11/h1-9,23-24H,10H2. The fraction of sp³-hybridized carbons (Fsp3) is 0.0588. The van der Waals surface area contributed by atoms with Crippen molar-refractivity contribution in [2.75, 3.05) is 0 Å². The lowest BCUT2D eigenvalue weighted by atomic mass is 10.2. The number of halogens is 3. The maximum Gasteiger partial charge on any atom is 0.178 e. The predicted octanol–water partition coefficient (Wildman–Crippen LogP) is 4.02.